The highest BCUT2D eigenvalue weighted by atomic mass is 79.9. The Labute approximate surface area is 136 Å². The molecule has 5 heteroatoms. The first-order chi connectivity index (χ1) is 10.0. The Morgan fingerprint density at radius 2 is 2.00 bits per heavy atom. The molecule has 106 valence electrons. The van der Waals surface area contributed by atoms with Gasteiger partial charge in [0.05, 0.1) is 5.56 Å². The van der Waals surface area contributed by atoms with Gasteiger partial charge < -0.3 is 5.32 Å². The van der Waals surface area contributed by atoms with Gasteiger partial charge in [0, 0.05) is 15.4 Å². The standard InChI is InChI=1S/C16H13BrN2OS/c1-10-11(2)21-16(14(10)9-18)19-15(20)8-5-12-3-6-13(17)7-4-12/h3-8H,1-2H3,(H,19,20)/b8-5+. The van der Waals surface area contributed by atoms with Gasteiger partial charge in [0.2, 0.25) is 5.91 Å². The van der Waals surface area contributed by atoms with Crippen molar-refractivity contribution in [1.82, 2.24) is 0 Å². The van der Waals surface area contributed by atoms with Crippen LogP contribution < -0.4 is 5.32 Å². The summed E-state index contributed by atoms with van der Waals surface area (Å²) in [6, 6.07) is 9.79. The van der Waals surface area contributed by atoms with E-state index in [2.05, 4.69) is 27.3 Å². The van der Waals surface area contributed by atoms with Crippen LogP contribution in [-0.2, 0) is 4.79 Å². The second kappa shape index (κ2) is 6.70. The maximum absolute atomic E-state index is 11.9. The molecule has 1 N–H and O–H groups in total. The van der Waals surface area contributed by atoms with E-state index in [1.807, 2.05) is 38.1 Å². The molecule has 0 fully saturated rings. The third kappa shape index (κ3) is 3.81. The van der Waals surface area contributed by atoms with Crippen LogP contribution >= 0.6 is 27.3 Å². The molecule has 0 aliphatic carbocycles. The van der Waals surface area contributed by atoms with Crippen LogP contribution in [-0.4, -0.2) is 5.91 Å². The third-order valence-electron chi connectivity index (χ3n) is 3.03. The van der Waals surface area contributed by atoms with Gasteiger partial charge in [0.1, 0.15) is 11.1 Å². The number of nitrogens with one attached hydrogen (secondary N) is 1. The molecule has 0 saturated heterocycles. The number of nitriles is 1. The molecule has 2 rings (SSSR count). The minimum atomic E-state index is -0.240. The van der Waals surface area contributed by atoms with E-state index in [0.29, 0.717) is 10.6 Å². The number of carbonyl (C=O) groups is 1. The summed E-state index contributed by atoms with van der Waals surface area (Å²) in [7, 11) is 0. The number of halogens is 1. The topological polar surface area (TPSA) is 52.9 Å². The molecule has 1 heterocycles. The van der Waals surface area contributed by atoms with Crippen molar-refractivity contribution in [3.63, 3.8) is 0 Å². The van der Waals surface area contributed by atoms with Crippen molar-refractivity contribution in [3.8, 4) is 6.07 Å². The van der Waals surface area contributed by atoms with Crippen LogP contribution in [0.25, 0.3) is 6.08 Å². The summed E-state index contributed by atoms with van der Waals surface area (Å²) in [4.78, 5) is 13.0. The van der Waals surface area contributed by atoms with Crippen LogP contribution in [0.3, 0.4) is 0 Å². The first-order valence-corrected chi connectivity index (χ1v) is 7.87. The molecule has 3 nitrogen and oxygen atoms in total. The lowest BCUT2D eigenvalue weighted by atomic mass is 10.2. The molecule has 1 amide bonds. The van der Waals surface area contributed by atoms with Crippen LogP contribution in [0, 0.1) is 25.2 Å². The molecular formula is C16H13BrN2OS. The van der Waals surface area contributed by atoms with Crippen molar-refractivity contribution >= 4 is 44.3 Å². The van der Waals surface area contributed by atoms with E-state index in [1.54, 1.807) is 6.08 Å². The van der Waals surface area contributed by atoms with Crippen LogP contribution in [0.4, 0.5) is 5.00 Å². The molecule has 21 heavy (non-hydrogen) atoms. The number of hydrogen-bond donors (Lipinski definition) is 1. The average molecular weight is 361 g/mol. The number of hydrogen-bond acceptors (Lipinski definition) is 3. The fourth-order valence-corrected chi connectivity index (χ4v) is 3.03. The summed E-state index contributed by atoms with van der Waals surface area (Å²) < 4.78 is 0.993. The molecule has 0 unspecified atom stereocenters. The van der Waals surface area contributed by atoms with Crippen molar-refractivity contribution < 1.29 is 4.79 Å². The van der Waals surface area contributed by atoms with Gasteiger partial charge in [-0.2, -0.15) is 5.26 Å². The highest BCUT2D eigenvalue weighted by molar-refractivity contribution is 9.10. The van der Waals surface area contributed by atoms with Crippen LogP contribution in [0.1, 0.15) is 21.6 Å². The SMILES string of the molecule is Cc1sc(NC(=O)/C=C/c2ccc(Br)cc2)c(C#N)c1C. The Morgan fingerprint density at radius 1 is 1.33 bits per heavy atom. The molecule has 0 bridgehead atoms. The quantitative estimate of drug-likeness (QED) is 0.809. The Hall–Kier alpha value is -1.90. The summed E-state index contributed by atoms with van der Waals surface area (Å²) >= 11 is 4.79. The van der Waals surface area contributed by atoms with E-state index >= 15 is 0 Å². The van der Waals surface area contributed by atoms with Gasteiger partial charge in [0.15, 0.2) is 0 Å². The number of nitrogens with zero attached hydrogens (tertiary/aromatic N) is 1. The number of benzene rings is 1. The Kier molecular flexibility index (Phi) is 4.94. The fraction of sp³-hybridized carbons (Fsp3) is 0.125. The van der Waals surface area contributed by atoms with Crippen LogP contribution in [0.15, 0.2) is 34.8 Å². The summed E-state index contributed by atoms with van der Waals surface area (Å²) in [5, 5.41) is 12.5. The normalized spacial score (nSPS) is 10.6. The van der Waals surface area contributed by atoms with Gasteiger partial charge in [0.25, 0.3) is 0 Å². The number of carbonyl (C=O) groups excluding carboxylic acids is 1. The fourth-order valence-electron chi connectivity index (χ4n) is 1.75. The van der Waals surface area contributed by atoms with E-state index in [0.717, 1.165) is 20.5 Å². The van der Waals surface area contributed by atoms with Crippen molar-refractivity contribution in [2.24, 2.45) is 0 Å². The van der Waals surface area contributed by atoms with Crippen molar-refractivity contribution in [1.29, 1.82) is 5.26 Å². The first kappa shape index (κ1) is 15.5. The zero-order valence-electron chi connectivity index (χ0n) is 11.6. The lowest BCUT2D eigenvalue weighted by Gasteiger charge is -1.99. The lowest BCUT2D eigenvalue weighted by molar-refractivity contribution is -0.111. The van der Waals surface area contributed by atoms with Gasteiger partial charge in [-0.05, 0) is 43.2 Å². The molecule has 0 atom stereocenters. The minimum absolute atomic E-state index is 0.240. The molecule has 0 spiro atoms. The summed E-state index contributed by atoms with van der Waals surface area (Å²) in [6.45, 7) is 3.83. The molecule has 1 aromatic heterocycles. The van der Waals surface area contributed by atoms with E-state index in [4.69, 9.17) is 5.26 Å². The molecular weight excluding hydrogens is 348 g/mol. The van der Waals surface area contributed by atoms with Gasteiger partial charge >= 0.3 is 0 Å². The highest BCUT2D eigenvalue weighted by Gasteiger charge is 2.13. The predicted octanol–water partition coefficient (Wildman–Crippen LogP) is 4.65. The van der Waals surface area contributed by atoms with Crippen molar-refractivity contribution in [2.45, 2.75) is 13.8 Å². The zero-order valence-corrected chi connectivity index (χ0v) is 14.0. The molecule has 0 aliphatic heterocycles. The van der Waals surface area contributed by atoms with Crippen molar-refractivity contribution in [2.75, 3.05) is 5.32 Å². The largest absolute Gasteiger partial charge is 0.313 e. The van der Waals surface area contributed by atoms with Crippen molar-refractivity contribution in [3.05, 3.63) is 56.4 Å². The second-order valence-corrected chi connectivity index (χ2v) is 6.61. The number of rotatable bonds is 3. The summed E-state index contributed by atoms with van der Waals surface area (Å²) in [5.74, 6) is -0.240. The number of thiophene rings is 1. The maximum Gasteiger partial charge on any atom is 0.249 e. The average Bonchev–Trinajstić information content (AvgIpc) is 2.72. The third-order valence-corrected chi connectivity index (χ3v) is 4.68. The van der Waals surface area contributed by atoms with E-state index < -0.39 is 0 Å². The van der Waals surface area contributed by atoms with Crippen LogP contribution in [0.5, 0.6) is 0 Å². The maximum atomic E-state index is 11.9. The van der Waals surface area contributed by atoms with Gasteiger partial charge in [-0.15, -0.1) is 11.3 Å². The van der Waals surface area contributed by atoms with E-state index in [9.17, 15) is 4.79 Å². The molecule has 0 radical (unpaired) electrons. The number of anilines is 1. The van der Waals surface area contributed by atoms with Gasteiger partial charge in [-0.1, -0.05) is 28.1 Å². The molecule has 0 saturated carbocycles. The minimum Gasteiger partial charge on any atom is -0.313 e. The van der Waals surface area contributed by atoms with E-state index in [-0.39, 0.29) is 5.91 Å². The van der Waals surface area contributed by atoms with E-state index in [1.165, 1.54) is 17.4 Å². The van der Waals surface area contributed by atoms with Crippen LogP contribution in [0.2, 0.25) is 0 Å². The Balaban J connectivity index is 2.10. The Bertz CT molecular complexity index is 739. The summed E-state index contributed by atoms with van der Waals surface area (Å²) in [6.07, 6.45) is 3.20. The predicted molar refractivity (Wildman–Crippen MR) is 90.3 cm³/mol. The smallest absolute Gasteiger partial charge is 0.249 e. The zero-order chi connectivity index (χ0) is 15.4. The number of amides is 1. The first-order valence-electron chi connectivity index (χ1n) is 6.26. The summed E-state index contributed by atoms with van der Waals surface area (Å²) in [5.41, 5.74) is 2.41. The Morgan fingerprint density at radius 3 is 2.62 bits per heavy atom. The number of aryl methyl sites for hydroxylation is 1. The highest BCUT2D eigenvalue weighted by Crippen LogP contribution is 2.31. The lowest BCUT2D eigenvalue weighted by Crippen LogP contribution is -2.07. The molecule has 1 aromatic carbocycles. The molecule has 0 aliphatic rings. The van der Waals surface area contributed by atoms with Gasteiger partial charge in [-0.3, -0.25) is 4.79 Å². The monoisotopic (exact) mass is 360 g/mol. The molecule has 2 aromatic rings. The second-order valence-electron chi connectivity index (χ2n) is 4.47. The van der Waals surface area contributed by atoms with Gasteiger partial charge in [-0.25, -0.2) is 0 Å².